The predicted molar refractivity (Wildman–Crippen MR) is 69.1 cm³/mol. The minimum Gasteiger partial charge on any atom is -0.314 e. The first-order valence-electron chi connectivity index (χ1n) is 4.97. The van der Waals surface area contributed by atoms with Crippen molar-refractivity contribution in [2.75, 3.05) is 11.5 Å². The van der Waals surface area contributed by atoms with Gasteiger partial charge in [-0.3, -0.25) is 4.79 Å². The van der Waals surface area contributed by atoms with Gasteiger partial charge in [0, 0.05) is 23.2 Å². The van der Waals surface area contributed by atoms with Crippen molar-refractivity contribution in [3.63, 3.8) is 0 Å². The first-order chi connectivity index (χ1) is 7.33. The van der Waals surface area contributed by atoms with E-state index in [1.54, 1.807) is 15.9 Å². The van der Waals surface area contributed by atoms with E-state index in [9.17, 15) is 4.79 Å². The highest BCUT2D eigenvalue weighted by Gasteiger charge is 2.02. The Hall–Kier alpha value is -0.740. The van der Waals surface area contributed by atoms with Crippen molar-refractivity contribution in [1.82, 2.24) is 4.57 Å². The zero-order chi connectivity index (χ0) is 10.7. The van der Waals surface area contributed by atoms with Crippen molar-refractivity contribution >= 4 is 33.2 Å². The summed E-state index contributed by atoms with van der Waals surface area (Å²) in [7, 11) is 0. The van der Waals surface area contributed by atoms with Crippen molar-refractivity contribution in [2.45, 2.75) is 13.5 Å². The van der Waals surface area contributed by atoms with E-state index in [2.05, 4.69) is 6.92 Å². The molecule has 0 fully saturated rings. The Morgan fingerprint density at radius 1 is 1.47 bits per heavy atom. The number of aryl methyl sites for hydroxylation is 1. The van der Waals surface area contributed by atoms with Crippen molar-refractivity contribution in [2.24, 2.45) is 0 Å². The van der Waals surface area contributed by atoms with Crippen LogP contribution >= 0.6 is 23.1 Å². The van der Waals surface area contributed by atoms with Crippen LogP contribution in [0.25, 0.3) is 10.1 Å². The Morgan fingerprint density at radius 3 is 3.13 bits per heavy atom. The number of pyridine rings is 1. The highest BCUT2D eigenvalue weighted by Crippen LogP contribution is 2.16. The Labute approximate surface area is 96.9 Å². The minimum atomic E-state index is 0.144. The van der Waals surface area contributed by atoms with Gasteiger partial charge in [-0.15, -0.1) is 11.3 Å². The number of fused-ring (bicyclic) bond motifs is 1. The summed E-state index contributed by atoms with van der Waals surface area (Å²) in [6, 6.07) is 3.93. The van der Waals surface area contributed by atoms with Crippen LogP contribution in [0.2, 0.25) is 0 Å². The van der Waals surface area contributed by atoms with Crippen molar-refractivity contribution in [3.05, 3.63) is 34.1 Å². The summed E-state index contributed by atoms with van der Waals surface area (Å²) in [4.78, 5) is 11.9. The van der Waals surface area contributed by atoms with Crippen LogP contribution in [0.3, 0.4) is 0 Å². The first kappa shape index (κ1) is 10.8. The SMILES string of the molecule is CCSCCn1ccc2sccc2c1=O. The van der Waals surface area contributed by atoms with Crippen LogP contribution in [0.5, 0.6) is 0 Å². The average Bonchev–Trinajstić information content (AvgIpc) is 2.70. The number of aromatic nitrogens is 1. The standard InChI is InChI=1S/C11H13NOS2/c1-2-14-8-6-12-5-3-10-9(11(12)13)4-7-15-10/h3-5,7H,2,6,8H2,1H3. The lowest BCUT2D eigenvalue weighted by Crippen LogP contribution is -2.19. The molecule has 0 radical (unpaired) electrons. The lowest BCUT2D eigenvalue weighted by molar-refractivity contribution is 0.743. The zero-order valence-electron chi connectivity index (χ0n) is 8.60. The van der Waals surface area contributed by atoms with Gasteiger partial charge in [0.25, 0.3) is 5.56 Å². The largest absolute Gasteiger partial charge is 0.314 e. The summed E-state index contributed by atoms with van der Waals surface area (Å²) in [5, 5.41) is 2.82. The maximum absolute atomic E-state index is 11.9. The molecule has 2 nitrogen and oxygen atoms in total. The number of thiophene rings is 1. The van der Waals surface area contributed by atoms with Gasteiger partial charge >= 0.3 is 0 Å². The van der Waals surface area contributed by atoms with Gasteiger partial charge < -0.3 is 4.57 Å². The molecule has 0 unspecified atom stereocenters. The molecule has 80 valence electrons. The number of hydrogen-bond donors (Lipinski definition) is 0. The van der Waals surface area contributed by atoms with Crippen LogP contribution in [0, 0.1) is 0 Å². The van der Waals surface area contributed by atoms with E-state index < -0.39 is 0 Å². The summed E-state index contributed by atoms with van der Waals surface area (Å²) >= 11 is 3.48. The quantitative estimate of drug-likeness (QED) is 0.765. The van der Waals surface area contributed by atoms with E-state index >= 15 is 0 Å². The number of hydrogen-bond acceptors (Lipinski definition) is 3. The van der Waals surface area contributed by atoms with E-state index in [4.69, 9.17) is 0 Å². The fourth-order valence-electron chi connectivity index (χ4n) is 1.49. The normalized spacial score (nSPS) is 11.0. The summed E-state index contributed by atoms with van der Waals surface area (Å²) in [5.74, 6) is 2.11. The van der Waals surface area contributed by atoms with Gasteiger partial charge in [0.1, 0.15) is 0 Å². The van der Waals surface area contributed by atoms with Gasteiger partial charge in [0.2, 0.25) is 0 Å². The van der Waals surface area contributed by atoms with Crippen LogP contribution in [-0.4, -0.2) is 16.1 Å². The number of nitrogens with zero attached hydrogens (tertiary/aromatic N) is 1. The maximum atomic E-state index is 11.9. The number of thioether (sulfide) groups is 1. The zero-order valence-corrected chi connectivity index (χ0v) is 10.2. The van der Waals surface area contributed by atoms with Crippen LogP contribution in [0.1, 0.15) is 6.92 Å². The highest BCUT2D eigenvalue weighted by atomic mass is 32.2. The fourth-order valence-corrected chi connectivity index (χ4v) is 2.88. The molecule has 0 bridgehead atoms. The smallest absolute Gasteiger partial charge is 0.259 e. The monoisotopic (exact) mass is 239 g/mol. The van der Waals surface area contributed by atoms with Gasteiger partial charge in [-0.05, 0) is 23.3 Å². The molecule has 0 atom stereocenters. The molecule has 2 aromatic heterocycles. The molecule has 0 aliphatic carbocycles. The molecule has 4 heteroatoms. The molecule has 0 aliphatic rings. The number of rotatable bonds is 4. The fraction of sp³-hybridized carbons (Fsp3) is 0.364. The van der Waals surface area contributed by atoms with E-state index in [0.717, 1.165) is 28.1 Å². The predicted octanol–water partition coefficient (Wildman–Crippen LogP) is 2.82. The Bertz CT molecular complexity index is 501. The van der Waals surface area contributed by atoms with Crippen molar-refractivity contribution in [1.29, 1.82) is 0 Å². The topological polar surface area (TPSA) is 22.0 Å². The molecule has 0 aromatic carbocycles. The van der Waals surface area contributed by atoms with Crippen LogP contribution in [-0.2, 0) is 6.54 Å². The van der Waals surface area contributed by atoms with Gasteiger partial charge in [0.15, 0.2) is 0 Å². The van der Waals surface area contributed by atoms with E-state index in [-0.39, 0.29) is 5.56 Å². The minimum absolute atomic E-state index is 0.144. The van der Waals surface area contributed by atoms with Gasteiger partial charge in [-0.1, -0.05) is 6.92 Å². The third kappa shape index (κ3) is 2.26. The molecule has 0 saturated carbocycles. The van der Waals surface area contributed by atoms with Crippen LogP contribution < -0.4 is 5.56 Å². The highest BCUT2D eigenvalue weighted by molar-refractivity contribution is 7.99. The summed E-state index contributed by atoms with van der Waals surface area (Å²) in [5.41, 5.74) is 0.144. The van der Waals surface area contributed by atoms with Gasteiger partial charge in [0.05, 0.1) is 5.39 Å². The summed E-state index contributed by atoms with van der Waals surface area (Å²) in [6.07, 6.45) is 1.90. The molecule has 2 heterocycles. The second-order valence-corrected chi connectivity index (χ2v) is 5.55. The summed E-state index contributed by atoms with van der Waals surface area (Å²) in [6.45, 7) is 2.94. The third-order valence-corrected chi connectivity index (χ3v) is 4.03. The molecule has 0 N–H and O–H groups in total. The second kappa shape index (κ2) is 4.86. The molecular formula is C11H13NOS2. The molecule has 2 aromatic rings. The molecule has 0 aliphatic heterocycles. The molecule has 0 spiro atoms. The molecule has 2 rings (SSSR count). The molecule has 15 heavy (non-hydrogen) atoms. The van der Waals surface area contributed by atoms with Crippen LogP contribution in [0.15, 0.2) is 28.5 Å². The second-order valence-electron chi connectivity index (χ2n) is 3.21. The van der Waals surface area contributed by atoms with Crippen LogP contribution in [0.4, 0.5) is 0 Å². The van der Waals surface area contributed by atoms with Crippen molar-refractivity contribution < 1.29 is 0 Å². The van der Waals surface area contributed by atoms with Gasteiger partial charge in [-0.25, -0.2) is 0 Å². The summed E-state index contributed by atoms with van der Waals surface area (Å²) < 4.78 is 2.89. The first-order valence-corrected chi connectivity index (χ1v) is 7.00. The Balaban J connectivity index is 2.28. The molecule has 0 amide bonds. The average molecular weight is 239 g/mol. The van der Waals surface area contributed by atoms with E-state index in [1.165, 1.54) is 0 Å². The van der Waals surface area contributed by atoms with Crippen molar-refractivity contribution in [3.8, 4) is 0 Å². The Morgan fingerprint density at radius 2 is 2.33 bits per heavy atom. The lowest BCUT2D eigenvalue weighted by Gasteiger charge is -2.04. The maximum Gasteiger partial charge on any atom is 0.259 e. The Kier molecular flexibility index (Phi) is 3.49. The lowest BCUT2D eigenvalue weighted by atomic mass is 10.3. The molecule has 0 saturated heterocycles. The van der Waals surface area contributed by atoms with Gasteiger partial charge in [-0.2, -0.15) is 11.8 Å². The van der Waals surface area contributed by atoms with E-state index in [1.807, 2.05) is 35.5 Å². The third-order valence-electron chi connectivity index (χ3n) is 2.27. The molecular weight excluding hydrogens is 226 g/mol. The van der Waals surface area contributed by atoms with E-state index in [0.29, 0.717) is 0 Å².